The van der Waals surface area contributed by atoms with Crippen molar-refractivity contribution in [3.8, 4) is 0 Å². The van der Waals surface area contributed by atoms with Crippen molar-refractivity contribution in [2.24, 2.45) is 5.92 Å². The summed E-state index contributed by atoms with van der Waals surface area (Å²) in [7, 11) is 0. The average Bonchev–Trinajstić information content (AvgIpc) is 2.19. The van der Waals surface area contributed by atoms with Gasteiger partial charge in [-0.1, -0.05) is 34.5 Å². The van der Waals surface area contributed by atoms with E-state index in [0.717, 1.165) is 4.47 Å². The van der Waals surface area contributed by atoms with E-state index in [0.29, 0.717) is 10.6 Å². The van der Waals surface area contributed by atoms with Gasteiger partial charge in [-0.05, 0) is 25.1 Å². The number of benzene rings is 1. The van der Waals surface area contributed by atoms with Crippen LogP contribution in [0.25, 0.3) is 0 Å². The second-order valence-electron chi connectivity index (χ2n) is 3.80. The first-order chi connectivity index (χ1) is 7.41. The first kappa shape index (κ1) is 13.4. The van der Waals surface area contributed by atoms with Crippen LogP contribution in [0.2, 0.25) is 5.02 Å². The molecule has 0 aliphatic carbocycles. The van der Waals surface area contributed by atoms with Gasteiger partial charge in [-0.25, -0.2) is 0 Å². The van der Waals surface area contributed by atoms with Gasteiger partial charge in [-0.2, -0.15) is 0 Å². The number of halogens is 2. The van der Waals surface area contributed by atoms with E-state index in [2.05, 4.69) is 15.9 Å². The highest BCUT2D eigenvalue weighted by molar-refractivity contribution is 9.10. The first-order valence-corrected chi connectivity index (χ1v) is 6.07. The van der Waals surface area contributed by atoms with Crippen LogP contribution in [0.1, 0.15) is 30.6 Å². The Morgan fingerprint density at radius 3 is 2.62 bits per heavy atom. The zero-order chi connectivity index (χ0) is 12.3. The molecule has 1 unspecified atom stereocenters. The van der Waals surface area contributed by atoms with Crippen LogP contribution in [0.5, 0.6) is 0 Å². The molecule has 1 aromatic rings. The van der Waals surface area contributed by atoms with Gasteiger partial charge < -0.3 is 4.79 Å². The van der Waals surface area contributed by atoms with E-state index in [1.54, 1.807) is 25.1 Å². The predicted molar refractivity (Wildman–Crippen MR) is 67.9 cm³/mol. The molecule has 2 nitrogen and oxygen atoms in total. The van der Waals surface area contributed by atoms with Crippen LogP contribution in [-0.4, -0.2) is 11.6 Å². The number of carbonyl (C=O) groups is 2. The molecule has 4 heteroatoms. The minimum absolute atomic E-state index is 0.00645. The van der Waals surface area contributed by atoms with Crippen LogP contribution in [0.4, 0.5) is 0 Å². The van der Waals surface area contributed by atoms with Crippen molar-refractivity contribution in [3.63, 3.8) is 0 Å². The molecule has 0 bridgehead atoms. The third kappa shape index (κ3) is 3.42. The number of rotatable bonds is 4. The molecule has 0 aliphatic rings. The van der Waals surface area contributed by atoms with E-state index in [9.17, 15) is 9.59 Å². The molecular formula is C12H12BrClO2. The highest BCUT2D eigenvalue weighted by Gasteiger charge is 2.19. The van der Waals surface area contributed by atoms with Gasteiger partial charge in [0, 0.05) is 22.4 Å². The number of hydrogen-bond donors (Lipinski definition) is 0. The molecule has 1 atom stereocenters. The summed E-state index contributed by atoms with van der Waals surface area (Å²) in [5.41, 5.74) is 0.463. The van der Waals surface area contributed by atoms with Crippen molar-refractivity contribution >= 4 is 39.1 Å². The fourth-order valence-electron chi connectivity index (χ4n) is 1.48. The Kier molecular flexibility index (Phi) is 4.69. The second-order valence-corrected chi connectivity index (χ2v) is 5.12. The maximum atomic E-state index is 12.0. The van der Waals surface area contributed by atoms with Gasteiger partial charge in [0.2, 0.25) is 0 Å². The normalized spacial score (nSPS) is 12.2. The molecule has 0 fully saturated rings. The molecule has 0 radical (unpaired) electrons. The lowest BCUT2D eigenvalue weighted by molar-refractivity contribution is -0.117. The average molecular weight is 304 g/mol. The van der Waals surface area contributed by atoms with E-state index in [1.165, 1.54) is 6.92 Å². The van der Waals surface area contributed by atoms with Crippen LogP contribution in [0.3, 0.4) is 0 Å². The molecule has 86 valence electrons. The van der Waals surface area contributed by atoms with Gasteiger partial charge in [-0.3, -0.25) is 4.79 Å². The Morgan fingerprint density at radius 2 is 2.06 bits per heavy atom. The van der Waals surface area contributed by atoms with E-state index in [4.69, 9.17) is 11.6 Å². The largest absolute Gasteiger partial charge is 0.300 e. The molecule has 1 aromatic carbocycles. The minimum Gasteiger partial charge on any atom is -0.300 e. The summed E-state index contributed by atoms with van der Waals surface area (Å²) in [4.78, 5) is 22.9. The van der Waals surface area contributed by atoms with Gasteiger partial charge in [0.15, 0.2) is 5.78 Å². The number of carbonyl (C=O) groups excluding carboxylic acids is 2. The Morgan fingerprint density at radius 1 is 1.44 bits per heavy atom. The first-order valence-electron chi connectivity index (χ1n) is 4.90. The molecule has 0 saturated carbocycles. The summed E-state index contributed by atoms with van der Waals surface area (Å²) in [5, 5.41) is 0.420. The maximum absolute atomic E-state index is 12.0. The number of Topliss-reactive ketones (excluding diaryl/α,β-unsaturated/α-hetero) is 2. The van der Waals surface area contributed by atoms with Crippen LogP contribution < -0.4 is 0 Å². The highest BCUT2D eigenvalue weighted by atomic mass is 79.9. The van der Waals surface area contributed by atoms with E-state index in [-0.39, 0.29) is 23.9 Å². The molecule has 0 spiro atoms. The molecule has 0 aromatic heterocycles. The van der Waals surface area contributed by atoms with Crippen molar-refractivity contribution in [2.45, 2.75) is 20.3 Å². The fourth-order valence-corrected chi connectivity index (χ4v) is 2.05. The van der Waals surface area contributed by atoms with Crippen molar-refractivity contribution in [2.75, 3.05) is 0 Å². The summed E-state index contributed by atoms with van der Waals surface area (Å²) in [6.45, 7) is 3.22. The van der Waals surface area contributed by atoms with Gasteiger partial charge in [0.1, 0.15) is 5.78 Å². The monoisotopic (exact) mass is 302 g/mol. The summed E-state index contributed by atoms with van der Waals surface area (Å²) < 4.78 is 0.801. The Balaban J connectivity index is 2.95. The van der Waals surface area contributed by atoms with Gasteiger partial charge in [0.05, 0.1) is 5.02 Å². The Hall–Kier alpha value is -0.670. The molecule has 0 amide bonds. The molecular weight excluding hydrogens is 291 g/mol. The SMILES string of the molecule is CC(=O)CC(C)C(=O)c1cc(Br)ccc1Cl. The van der Waals surface area contributed by atoms with Crippen molar-refractivity contribution in [1.29, 1.82) is 0 Å². The standard InChI is InChI=1S/C12H12BrClO2/c1-7(5-8(2)15)12(16)10-6-9(13)3-4-11(10)14/h3-4,6-7H,5H2,1-2H3. The summed E-state index contributed by atoms with van der Waals surface area (Å²) in [5.74, 6) is -0.419. The summed E-state index contributed by atoms with van der Waals surface area (Å²) in [6.07, 6.45) is 0.252. The minimum atomic E-state index is -0.329. The lowest BCUT2D eigenvalue weighted by Gasteiger charge is -2.10. The third-order valence-corrected chi connectivity index (χ3v) is 3.06. The fraction of sp³-hybridized carbons (Fsp3) is 0.333. The smallest absolute Gasteiger partial charge is 0.167 e. The van der Waals surface area contributed by atoms with Crippen LogP contribution >= 0.6 is 27.5 Å². The predicted octanol–water partition coefficient (Wildman–Crippen LogP) is 3.90. The Labute approximate surface area is 108 Å². The lowest BCUT2D eigenvalue weighted by Crippen LogP contribution is -2.14. The molecule has 16 heavy (non-hydrogen) atoms. The third-order valence-electron chi connectivity index (χ3n) is 2.24. The molecule has 0 heterocycles. The van der Waals surface area contributed by atoms with Crippen LogP contribution in [-0.2, 0) is 4.79 Å². The molecule has 1 rings (SSSR count). The Bertz CT molecular complexity index is 429. The van der Waals surface area contributed by atoms with E-state index < -0.39 is 0 Å². The number of hydrogen-bond acceptors (Lipinski definition) is 2. The van der Waals surface area contributed by atoms with Gasteiger partial charge >= 0.3 is 0 Å². The quantitative estimate of drug-likeness (QED) is 0.791. The topological polar surface area (TPSA) is 34.1 Å². The summed E-state index contributed by atoms with van der Waals surface area (Å²) >= 11 is 9.23. The van der Waals surface area contributed by atoms with E-state index >= 15 is 0 Å². The van der Waals surface area contributed by atoms with Crippen molar-refractivity contribution < 1.29 is 9.59 Å². The highest BCUT2D eigenvalue weighted by Crippen LogP contribution is 2.24. The van der Waals surface area contributed by atoms with Gasteiger partial charge in [0.25, 0.3) is 0 Å². The van der Waals surface area contributed by atoms with Crippen LogP contribution in [0, 0.1) is 5.92 Å². The van der Waals surface area contributed by atoms with E-state index in [1.807, 2.05) is 0 Å². The number of ketones is 2. The second kappa shape index (κ2) is 5.60. The maximum Gasteiger partial charge on any atom is 0.167 e. The molecule has 0 saturated heterocycles. The lowest BCUT2D eigenvalue weighted by atomic mass is 9.95. The zero-order valence-corrected chi connectivity index (χ0v) is 11.4. The van der Waals surface area contributed by atoms with Gasteiger partial charge in [-0.15, -0.1) is 0 Å². The van der Waals surface area contributed by atoms with Crippen molar-refractivity contribution in [3.05, 3.63) is 33.3 Å². The zero-order valence-electron chi connectivity index (χ0n) is 9.09. The molecule has 0 N–H and O–H groups in total. The summed E-state index contributed by atoms with van der Waals surface area (Å²) in [6, 6.07) is 5.12. The van der Waals surface area contributed by atoms with Crippen molar-refractivity contribution in [1.82, 2.24) is 0 Å². The molecule has 0 aliphatic heterocycles. The van der Waals surface area contributed by atoms with Crippen LogP contribution in [0.15, 0.2) is 22.7 Å².